The molecule has 7 nitrogen and oxygen atoms in total. The van der Waals surface area contributed by atoms with Crippen LogP contribution in [0.1, 0.15) is 12.0 Å². The Morgan fingerprint density at radius 3 is 2.88 bits per heavy atom. The van der Waals surface area contributed by atoms with Crippen LogP contribution >= 0.6 is 11.8 Å². The van der Waals surface area contributed by atoms with Crippen LogP contribution in [0.5, 0.6) is 0 Å². The maximum Gasteiger partial charge on any atom is 0.230 e. The number of aryl methyl sites for hydroxylation is 1. The summed E-state index contributed by atoms with van der Waals surface area (Å²) in [7, 11) is 1.83. The minimum atomic E-state index is -0.115. The normalized spacial score (nSPS) is 17.1. The average molecular weight is 359 g/mol. The highest BCUT2D eigenvalue weighted by Crippen LogP contribution is 2.15. The van der Waals surface area contributed by atoms with Crippen molar-refractivity contribution in [3.63, 3.8) is 0 Å². The van der Waals surface area contributed by atoms with Crippen molar-refractivity contribution < 1.29 is 9.59 Å². The fourth-order valence-corrected chi connectivity index (χ4v) is 3.50. The molecule has 1 atom stereocenters. The molecule has 1 aromatic carbocycles. The van der Waals surface area contributed by atoms with E-state index in [1.807, 2.05) is 30.1 Å². The van der Waals surface area contributed by atoms with Crippen LogP contribution < -0.4 is 5.32 Å². The monoisotopic (exact) mass is 359 g/mol. The summed E-state index contributed by atoms with van der Waals surface area (Å²) in [5.74, 6) is 0.277. The number of likely N-dealkylation sites (tertiary alicyclic amines) is 1. The Morgan fingerprint density at radius 2 is 2.16 bits per heavy atom. The lowest BCUT2D eigenvalue weighted by Gasteiger charge is -2.17. The van der Waals surface area contributed by atoms with E-state index in [0.29, 0.717) is 24.7 Å². The third kappa shape index (κ3) is 4.82. The summed E-state index contributed by atoms with van der Waals surface area (Å²) in [5, 5.41) is 11.3. The lowest BCUT2D eigenvalue weighted by molar-refractivity contribution is -0.127. The summed E-state index contributed by atoms with van der Waals surface area (Å²) in [6.07, 6.45) is 2.80. The van der Waals surface area contributed by atoms with E-state index in [1.165, 1.54) is 17.3 Å². The smallest absolute Gasteiger partial charge is 0.230 e. The van der Waals surface area contributed by atoms with Crippen LogP contribution in [0, 0.1) is 0 Å². The van der Waals surface area contributed by atoms with Crippen LogP contribution in [0.25, 0.3) is 0 Å². The third-order valence-corrected chi connectivity index (χ3v) is 5.13. The van der Waals surface area contributed by atoms with Crippen molar-refractivity contribution in [1.82, 2.24) is 25.0 Å². The number of hydrogen-bond acceptors (Lipinski definition) is 5. The van der Waals surface area contributed by atoms with E-state index in [0.717, 1.165) is 6.42 Å². The molecule has 1 aliphatic rings. The molecule has 1 saturated heterocycles. The first-order valence-electron chi connectivity index (χ1n) is 8.19. The first-order chi connectivity index (χ1) is 12.1. The SMILES string of the molecule is Cn1cnnc1SCC(=O)NC1CC(=O)N(CCc2ccccc2)C1. The number of rotatable bonds is 7. The molecule has 0 aliphatic carbocycles. The summed E-state index contributed by atoms with van der Waals surface area (Å²) in [6, 6.07) is 9.98. The molecule has 1 unspecified atom stereocenters. The predicted molar refractivity (Wildman–Crippen MR) is 95.0 cm³/mol. The lowest BCUT2D eigenvalue weighted by Crippen LogP contribution is -2.38. The number of nitrogens with zero attached hydrogens (tertiary/aromatic N) is 4. The summed E-state index contributed by atoms with van der Waals surface area (Å²) >= 11 is 1.33. The number of carbonyl (C=O) groups is 2. The topological polar surface area (TPSA) is 80.1 Å². The van der Waals surface area contributed by atoms with Gasteiger partial charge in [-0.15, -0.1) is 10.2 Å². The van der Waals surface area contributed by atoms with E-state index in [2.05, 4.69) is 27.6 Å². The molecule has 132 valence electrons. The lowest BCUT2D eigenvalue weighted by atomic mass is 10.1. The van der Waals surface area contributed by atoms with Gasteiger partial charge in [0.2, 0.25) is 11.8 Å². The average Bonchev–Trinajstić information content (AvgIpc) is 3.17. The second-order valence-electron chi connectivity index (χ2n) is 6.06. The number of hydrogen-bond donors (Lipinski definition) is 1. The molecule has 3 rings (SSSR count). The molecule has 1 fully saturated rings. The zero-order valence-corrected chi connectivity index (χ0v) is 14.9. The van der Waals surface area contributed by atoms with Gasteiger partial charge in [-0.05, 0) is 12.0 Å². The first-order valence-corrected chi connectivity index (χ1v) is 9.18. The van der Waals surface area contributed by atoms with Gasteiger partial charge in [-0.25, -0.2) is 0 Å². The van der Waals surface area contributed by atoms with E-state index >= 15 is 0 Å². The van der Waals surface area contributed by atoms with E-state index in [4.69, 9.17) is 0 Å². The van der Waals surface area contributed by atoms with Gasteiger partial charge in [-0.3, -0.25) is 9.59 Å². The Balaban J connectivity index is 1.42. The summed E-state index contributed by atoms with van der Waals surface area (Å²) in [5.41, 5.74) is 1.21. The van der Waals surface area contributed by atoms with Gasteiger partial charge in [-0.2, -0.15) is 0 Å². The number of aromatic nitrogens is 3. The van der Waals surface area contributed by atoms with Crippen molar-refractivity contribution >= 4 is 23.6 Å². The zero-order chi connectivity index (χ0) is 17.6. The third-order valence-electron chi connectivity index (χ3n) is 4.10. The van der Waals surface area contributed by atoms with Gasteiger partial charge in [0.25, 0.3) is 0 Å². The van der Waals surface area contributed by atoms with Gasteiger partial charge in [0.05, 0.1) is 11.8 Å². The van der Waals surface area contributed by atoms with Gasteiger partial charge in [0.1, 0.15) is 6.33 Å². The zero-order valence-electron chi connectivity index (χ0n) is 14.1. The van der Waals surface area contributed by atoms with E-state index in [9.17, 15) is 9.59 Å². The fourth-order valence-electron chi connectivity index (χ4n) is 2.80. The minimum absolute atomic E-state index is 0.0873. The van der Waals surface area contributed by atoms with E-state index in [-0.39, 0.29) is 23.6 Å². The number of nitrogens with one attached hydrogen (secondary N) is 1. The van der Waals surface area contributed by atoms with Crippen LogP contribution in [-0.4, -0.2) is 56.4 Å². The molecule has 0 saturated carbocycles. The molecule has 2 aromatic rings. The number of amides is 2. The molecule has 8 heteroatoms. The van der Waals surface area contributed by atoms with E-state index < -0.39 is 0 Å². The van der Waals surface area contributed by atoms with Gasteiger partial charge in [0, 0.05) is 26.6 Å². The van der Waals surface area contributed by atoms with Crippen molar-refractivity contribution in [2.75, 3.05) is 18.8 Å². The standard InChI is InChI=1S/C17H21N5O2S/c1-21-12-18-20-17(21)25-11-15(23)19-14-9-16(24)22(10-14)8-7-13-5-3-2-4-6-13/h2-6,12,14H,7-11H2,1H3,(H,19,23). The largest absolute Gasteiger partial charge is 0.350 e. The van der Waals surface area contributed by atoms with Crippen LogP contribution in [0.4, 0.5) is 0 Å². The van der Waals surface area contributed by atoms with Crippen molar-refractivity contribution in [3.8, 4) is 0 Å². The Kier molecular flexibility index (Phi) is 5.70. The van der Waals surface area contributed by atoms with Crippen LogP contribution in [0.3, 0.4) is 0 Å². The highest BCUT2D eigenvalue weighted by atomic mass is 32.2. The maximum absolute atomic E-state index is 12.1. The van der Waals surface area contributed by atoms with Gasteiger partial charge in [0.15, 0.2) is 5.16 Å². The Bertz CT molecular complexity index is 734. The fraction of sp³-hybridized carbons (Fsp3) is 0.412. The second-order valence-corrected chi connectivity index (χ2v) is 7.00. The molecule has 0 radical (unpaired) electrons. The molecule has 25 heavy (non-hydrogen) atoms. The number of benzene rings is 1. The van der Waals surface area contributed by atoms with E-state index in [1.54, 1.807) is 10.9 Å². The molecule has 1 N–H and O–H groups in total. The van der Waals surface area contributed by atoms with Crippen molar-refractivity contribution in [3.05, 3.63) is 42.2 Å². The van der Waals surface area contributed by atoms with Crippen molar-refractivity contribution in [2.45, 2.75) is 24.0 Å². The molecular formula is C17H21N5O2S. The van der Waals surface area contributed by atoms with Crippen LogP contribution in [0.15, 0.2) is 41.8 Å². The molecular weight excluding hydrogens is 338 g/mol. The molecule has 1 aromatic heterocycles. The van der Waals surface area contributed by atoms with Crippen molar-refractivity contribution in [2.24, 2.45) is 7.05 Å². The summed E-state index contributed by atoms with van der Waals surface area (Å²) in [6.45, 7) is 1.26. The molecule has 2 heterocycles. The quantitative estimate of drug-likeness (QED) is 0.742. The summed E-state index contributed by atoms with van der Waals surface area (Å²) < 4.78 is 1.77. The highest BCUT2D eigenvalue weighted by molar-refractivity contribution is 7.99. The Hall–Kier alpha value is -2.35. The Morgan fingerprint density at radius 1 is 1.36 bits per heavy atom. The van der Waals surface area contributed by atoms with Crippen LogP contribution in [-0.2, 0) is 23.1 Å². The maximum atomic E-state index is 12.1. The number of thioether (sulfide) groups is 1. The summed E-state index contributed by atoms with van der Waals surface area (Å²) in [4.78, 5) is 26.0. The van der Waals surface area contributed by atoms with Crippen molar-refractivity contribution in [1.29, 1.82) is 0 Å². The second kappa shape index (κ2) is 8.15. The molecule has 1 aliphatic heterocycles. The van der Waals surface area contributed by atoms with Gasteiger partial charge < -0.3 is 14.8 Å². The predicted octanol–water partition coefficient (Wildman–Crippen LogP) is 0.867. The molecule has 0 spiro atoms. The first kappa shape index (κ1) is 17.5. The molecule has 2 amide bonds. The highest BCUT2D eigenvalue weighted by Gasteiger charge is 2.30. The molecule has 0 bridgehead atoms. The van der Waals surface area contributed by atoms with Crippen LogP contribution in [0.2, 0.25) is 0 Å². The van der Waals surface area contributed by atoms with Gasteiger partial charge >= 0.3 is 0 Å². The van der Waals surface area contributed by atoms with Gasteiger partial charge in [-0.1, -0.05) is 42.1 Å². The number of carbonyl (C=O) groups excluding carboxylic acids is 2. The Labute approximate surface area is 150 Å². The minimum Gasteiger partial charge on any atom is -0.350 e.